The van der Waals surface area contributed by atoms with Gasteiger partial charge in [-0.15, -0.1) is 5.10 Å². The Kier molecular flexibility index (Phi) is 6.69. The van der Waals surface area contributed by atoms with E-state index in [0.29, 0.717) is 0 Å². The topological polar surface area (TPSA) is 29.0 Å². The van der Waals surface area contributed by atoms with Crippen molar-refractivity contribution in [2.75, 3.05) is 18.0 Å². The van der Waals surface area contributed by atoms with Crippen LogP contribution in [0.15, 0.2) is 12.1 Å². The lowest BCUT2D eigenvalue weighted by molar-refractivity contribution is 0.393. The van der Waals surface area contributed by atoms with Crippen molar-refractivity contribution in [2.45, 2.75) is 53.4 Å². The standard InChI is InChI=1S/C13H21N3.C2H6/c1-3-11-7-9-16(10-8-11)13-6-5-12(4-2)14-15-13;1-2/h5-6,11H,3-4,7-10H2,1-2H3;1-2H3. The summed E-state index contributed by atoms with van der Waals surface area (Å²) < 4.78 is 0. The largest absolute Gasteiger partial charge is 0.355 e. The lowest BCUT2D eigenvalue weighted by atomic mass is 9.94. The molecule has 2 rings (SSSR count). The highest BCUT2D eigenvalue weighted by atomic mass is 15.3. The van der Waals surface area contributed by atoms with Crippen LogP contribution < -0.4 is 4.90 Å². The van der Waals surface area contributed by atoms with E-state index in [0.717, 1.165) is 36.9 Å². The first-order valence-corrected chi connectivity index (χ1v) is 7.41. The van der Waals surface area contributed by atoms with Crippen molar-refractivity contribution < 1.29 is 0 Å². The molecule has 0 unspecified atom stereocenters. The predicted molar refractivity (Wildman–Crippen MR) is 78.0 cm³/mol. The Balaban J connectivity index is 0.000000771. The van der Waals surface area contributed by atoms with Crippen molar-refractivity contribution in [1.82, 2.24) is 10.2 Å². The molecule has 3 nitrogen and oxygen atoms in total. The summed E-state index contributed by atoms with van der Waals surface area (Å²) >= 11 is 0. The van der Waals surface area contributed by atoms with E-state index in [4.69, 9.17) is 0 Å². The fraction of sp³-hybridized carbons (Fsp3) is 0.733. The molecule has 0 aromatic carbocycles. The van der Waals surface area contributed by atoms with Crippen LogP contribution in [0.1, 0.15) is 52.7 Å². The normalized spacial score (nSPS) is 16.1. The van der Waals surface area contributed by atoms with E-state index in [9.17, 15) is 0 Å². The SMILES string of the molecule is CC.CCc1ccc(N2CCC(CC)CC2)nn1. The van der Waals surface area contributed by atoms with Crippen LogP contribution >= 0.6 is 0 Å². The molecule has 0 saturated carbocycles. The van der Waals surface area contributed by atoms with Gasteiger partial charge in [0.25, 0.3) is 0 Å². The minimum Gasteiger partial charge on any atom is -0.355 e. The zero-order chi connectivity index (χ0) is 13.4. The second kappa shape index (κ2) is 8.06. The Morgan fingerprint density at radius 3 is 2.22 bits per heavy atom. The Labute approximate surface area is 112 Å². The molecule has 0 N–H and O–H groups in total. The molecular weight excluding hydrogens is 222 g/mol. The number of anilines is 1. The van der Waals surface area contributed by atoms with E-state index in [2.05, 4.69) is 41.1 Å². The lowest BCUT2D eigenvalue weighted by Gasteiger charge is -2.32. The monoisotopic (exact) mass is 249 g/mol. The van der Waals surface area contributed by atoms with Gasteiger partial charge in [0, 0.05) is 13.1 Å². The van der Waals surface area contributed by atoms with Crippen LogP contribution in [0.4, 0.5) is 5.82 Å². The zero-order valence-electron chi connectivity index (χ0n) is 12.3. The Bertz CT molecular complexity index is 313. The molecule has 1 aromatic heterocycles. The molecule has 0 bridgehead atoms. The molecular formula is C15H27N3. The van der Waals surface area contributed by atoms with Gasteiger partial charge in [0.1, 0.15) is 0 Å². The molecule has 1 saturated heterocycles. The summed E-state index contributed by atoms with van der Waals surface area (Å²) in [6, 6.07) is 4.20. The Morgan fingerprint density at radius 1 is 1.11 bits per heavy atom. The fourth-order valence-corrected chi connectivity index (χ4v) is 2.28. The maximum atomic E-state index is 4.30. The molecule has 1 fully saturated rings. The van der Waals surface area contributed by atoms with Crippen LogP contribution in [0.25, 0.3) is 0 Å². The summed E-state index contributed by atoms with van der Waals surface area (Å²) in [5.41, 5.74) is 1.08. The molecule has 1 aromatic rings. The van der Waals surface area contributed by atoms with E-state index in [1.165, 1.54) is 19.3 Å². The second-order valence-corrected chi connectivity index (χ2v) is 4.58. The highest BCUT2D eigenvalue weighted by Gasteiger charge is 2.18. The number of nitrogens with zero attached hydrogens (tertiary/aromatic N) is 3. The van der Waals surface area contributed by atoms with Crippen molar-refractivity contribution in [1.29, 1.82) is 0 Å². The third-order valence-electron chi connectivity index (χ3n) is 3.58. The predicted octanol–water partition coefficient (Wildman–Crippen LogP) is 3.69. The van der Waals surface area contributed by atoms with Gasteiger partial charge in [0.15, 0.2) is 5.82 Å². The molecule has 0 spiro atoms. The highest BCUT2D eigenvalue weighted by molar-refractivity contribution is 5.37. The van der Waals surface area contributed by atoms with Crippen LogP contribution in [0, 0.1) is 5.92 Å². The zero-order valence-corrected chi connectivity index (χ0v) is 12.3. The number of piperidine rings is 1. The first kappa shape index (κ1) is 14.9. The van der Waals surface area contributed by atoms with Crippen molar-refractivity contribution in [2.24, 2.45) is 5.92 Å². The summed E-state index contributed by atoms with van der Waals surface area (Å²) in [7, 11) is 0. The molecule has 18 heavy (non-hydrogen) atoms. The Morgan fingerprint density at radius 2 is 1.78 bits per heavy atom. The molecule has 3 heteroatoms. The average Bonchev–Trinajstić information content (AvgIpc) is 2.49. The lowest BCUT2D eigenvalue weighted by Crippen LogP contribution is -2.34. The number of rotatable bonds is 3. The van der Waals surface area contributed by atoms with E-state index in [1.807, 2.05) is 13.8 Å². The number of aryl methyl sites for hydroxylation is 1. The molecule has 1 aliphatic heterocycles. The maximum absolute atomic E-state index is 4.30. The van der Waals surface area contributed by atoms with Gasteiger partial charge < -0.3 is 4.90 Å². The van der Waals surface area contributed by atoms with Crippen LogP contribution in [0.2, 0.25) is 0 Å². The fourth-order valence-electron chi connectivity index (χ4n) is 2.28. The first-order valence-electron chi connectivity index (χ1n) is 7.41. The molecule has 0 aliphatic carbocycles. The van der Waals surface area contributed by atoms with Gasteiger partial charge in [-0.3, -0.25) is 0 Å². The van der Waals surface area contributed by atoms with Gasteiger partial charge in [-0.25, -0.2) is 0 Å². The minimum atomic E-state index is 0.916. The molecule has 2 heterocycles. The minimum absolute atomic E-state index is 0.916. The van der Waals surface area contributed by atoms with E-state index < -0.39 is 0 Å². The molecule has 102 valence electrons. The van der Waals surface area contributed by atoms with Crippen LogP contribution in [0.5, 0.6) is 0 Å². The summed E-state index contributed by atoms with van der Waals surface area (Å²) in [4.78, 5) is 2.36. The van der Waals surface area contributed by atoms with Gasteiger partial charge in [-0.1, -0.05) is 34.1 Å². The summed E-state index contributed by atoms with van der Waals surface area (Å²) in [6.45, 7) is 10.7. The van der Waals surface area contributed by atoms with Crippen molar-refractivity contribution in [3.05, 3.63) is 17.8 Å². The third kappa shape index (κ3) is 3.97. The number of aromatic nitrogens is 2. The number of hydrogen-bond donors (Lipinski definition) is 0. The van der Waals surface area contributed by atoms with Gasteiger partial charge >= 0.3 is 0 Å². The molecule has 0 atom stereocenters. The highest BCUT2D eigenvalue weighted by Crippen LogP contribution is 2.23. The van der Waals surface area contributed by atoms with Crippen LogP contribution in [-0.4, -0.2) is 23.3 Å². The maximum Gasteiger partial charge on any atom is 0.151 e. The summed E-state index contributed by atoms with van der Waals surface area (Å²) in [6.07, 6.45) is 4.88. The third-order valence-corrected chi connectivity index (χ3v) is 3.58. The van der Waals surface area contributed by atoms with Crippen LogP contribution in [0.3, 0.4) is 0 Å². The average molecular weight is 249 g/mol. The van der Waals surface area contributed by atoms with Crippen molar-refractivity contribution in [3.8, 4) is 0 Å². The molecule has 1 aliphatic rings. The van der Waals surface area contributed by atoms with Gasteiger partial charge in [0.2, 0.25) is 0 Å². The molecule has 0 amide bonds. The Hall–Kier alpha value is -1.12. The molecule has 0 radical (unpaired) electrons. The van der Waals surface area contributed by atoms with Gasteiger partial charge in [0.05, 0.1) is 5.69 Å². The smallest absolute Gasteiger partial charge is 0.151 e. The van der Waals surface area contributed by atoms with Crippen molar-refractivity contribution in [3.63, 3.8) is 0 Å². The number of hydrogen-bond acceptors (Lipinski definition) is 3. The summed E-state index contributed by atoms with van der Waals surface area (Å²) in [5, 5.41) is 8.52. The van der Waals surface area contributed by atoms with Crippen molar-refractivity contribution >= 4 is 5.82 Å². The quantitative estimate of drug-likeness (QED) is 0.818. The first-order chi connectivity index (χ1) is 8.83. The van der Waals surface area contributed by atoms with E-state index in [-0.39, 0.29) is 0 Å². The van der Waals surface area contributed by atoms with Crippen LogP contribution in [-0.2, 0) is 6.42 Å². The van der Waals surface area contributed by atoms with Gasteiger partial charge in [-0.2, -0.15) is 5.10 Å². The van der Waals surface area contributed by atoms with E-state index >= 15 is 0 Å². The summed E-state index contributed by atoms with van der Waals surface area (Å²) in [5.74, 6) is 1.96. The van der Waals surface area contributed by atoms with E-state index in [1.54, 1.807) is 0 Å². The van der Waals surface area contributed by atoms with Gasteiger partial charge in [-0.05, 0) is 37.3 Å². The second-order valence-electron chi connectivity index (χ2n) is 4.58.